The molecule has 0 saturated carbocycles. The Labute approximate surface area is 160 Å². The van der Waals surface area contributed by atoms with Crippen LogP contribution in [0.1, 0.15) is 23.2 Å². The van der Waals surface area contributed by atoms with Crippen molar-refractivity contribution < 1.29 is 19.4 Å². The lowest BCUT2D eigenvalue weighted by molar-refractivity contribution is -0.0381. The highest BCUT2D eigenvalue weighted by Gasteiger charge is 2.34. The number of aliphatic hydroxyl groups is 1. The number of hydrogen-bond acceptors (Lipinski definition) is 6. The standard InChI is InChI=1S/C20H29N3O4/c1-26-19-3-2-15(12-18(19)21-8-10-27-11-9-21)20(25)22-6-4-16(5-7-22)23-13-17(24)14-23/h2-3,12,16-17,24H,4-11,13-14H2,1H3. The van der Waals surface area contributed by atoms with Crippen molar-refractivity contribution in [3.63, 3.8) is 0 Å². The zero-order valence-electron chi connectivity index (χ0n) is 16.0. The van der Waals surface area contributed by atoms with Gasteiger partial charge >= 0.3 is 0 Å². The predicted molar refractivity (Wildman–Crippen MR) is 103 cm³/mol. The summed E-state index contributed by atoms with van der Waals surface area (Å²) >= 11 is 0. The highest BCUT2D eigenvalue weighted by molar-refractivity contribution is 5.95. The Kier molecular flexibility index (Phi) is 5.52. The molecule has 7 heteroatoms. The summed E-state index contributed by atoms with van der Waals surface area (Å²) in [5.41, 5.74) is 1.69. The van der Waals surface area contributed by atoms with Gasteiger partial charge in [0.05, 0.1) is 32.1 Å². The largest absolute Gasteiger partial charge is 0.495 e. The number of rotatable bonds is 4. The SMILES string of the molecule is COc1ccc(C(=O)N2CCC(N3CC(O)C3)CC2)cc1N1CCOCC1. The van der Waals surface area contributed by atoms with Gasteiger partial charge in [0, 0.05) is 50.9 Å². The number of methoxy groups -OCH3 is 1. The quantitative estimate of drug-likeness (QED) is 0.840. The highest BCUT2D eigenvalue weighted by Crippen LogP contribution is 2.31. The molecule has 3 fully saturated rings. The smallest absolute Gasteiger partial charge is 0.253 e. The Hall–Kier alpha value is -1.83. The van der Waals surface area contributed by atoms with Gasteiger partial charge in [0.15, 0.2) is 0 Å². The molecular formula is C20H29N3O4. The second kappa shape index (κ2) is 8.04. The number of anilines is 1. The van der Waals surface area contributed by atoms with E-state index in [2.05, 4.69) is 9.80 Å². The Morgan fingerprint density at radius 2 is 1.85 bits per heavy atom. The number of carbonyl (C=O) groups excluding carboxylic acids is 1. The first-order valence-electron chi connectivity index (χ1n) is 9.88. The van der Waals surface area contributed by atoms with E-state index in [0.29, 0.717) is 19.3 Å². The van der Waals surface area contributed by atoms with Crippen molar-refractivity contribution in [1.29, 1.82) is 0 Å². The van der Waals surface area contributed by atoms with Crippen LogP contribution in [0, 0.1) is 0 Å². The number of likely N-dealkylation sites (tertiary alicyclic amines) is 2. The summed E-state index contributed by atoms with van der Waals surface area (Å²) in [7, 11) is 1.66. The lowest BCUT2D eigenvalue weighted by atomic mass is 9.98. The number of piperidine rings is 1. The molecule has 7 nitrogen and oxygen atoms in total. The van der Waals surface area contributed by atoms with E-state index in [4.69, 9.17) is 9.47 Å². The van der Waals surface area contributed by atoms with Gasteiger partial charge < -0.3 is 24.4 Å². The van der Waals surface area contributed by atoms with Crippen LogP contribution >= 0.6 is 0 Å². The number of morpholine rings is 1. The normalized spacial score (nSPS) is 22.6. The number of aliphatic hydroxyl groups excluding tert-OH is 1. The number of carbonyl (C=O) groups is 1. The van der Waals surface area contributed by atoms with E-state index < -0.39 is 0 Å². The van der Waals surface area contributed by atoms with Gasteiger partial charge in [0.2, 0.25) is 0 Å². The first kappa shape index (κ1) is 18.5. The number of β-amino-alcohol motifs (C(OH)–C–C–N with tert-alkyl or cyclic N) is 1. The zero-order valence-corrected chi connectivity index (χ0v) is 16.0. The molecule has 3 aliphatic rings. The van der Waals surface area contributed by atoms with Crippen LogP contribution in [0.3, 0.4) is 0 Å². The average molecular weight is 375 g/mol. The molecule has 1 aromatic carbocycles. The number of nitrogens with zero attached hydrogens (tertiary/aromatic N) is 3. The third kappa shape index (κ3) is 3.90. The minimum Gasteiger partial charge on any atom is -0.495 e. The summed E-state index contributed by atoms with van der Waals surface area (Å²) in [5.74, 6) is 0.887. The first-order valence-corrected chi connectivity index (χ1v) is 9.88. The number of ether oxygens (including phenoxy) is 2. The third-order valence-corrected chi connectivity index (χ3v) is 5.94. The van der Waals surface area contributed by atoms with Crippen molar-refractivity contribution in [2.45, 2.75) is 25.0 Å². The minimum atomic E-state index is -0.164. The fourth-order valence-electron chi connectivity index (χ4n) is 4.28. The molecule has 3 aliphatic heterocycles. The van der Waals surface area contributed by atoms with Gasteiger partial charge in [-0.15, -0.1) is 0 Å². The van der Waals surface area contributed by atoms with Crippen molar-refractivity contribution in [3.8, 4) is 5.75 Å². The second-order valence-corrected chi connectivity index (χ2v) is 7.62. The monoisotopic (exact) mass is 375 g/mol. The highest BCUT2D eigenvalue weighted by atomic mass is 16.5. The fraction of sp³-hybridized carbons (Fsp3) is 0.650. The van der Waals surface area contributed by atoms with E-state index in [9.17, 15) is 9.90 Å². The molecule has 0 aromatic heterocycles. The van der Waals surface area contributed by atoms with E-state index >= 15 is 0 Å². The maximum absolute atomic E-state index is 13.0. The van der Waals surface area contributed by atoms with E-state index in [1.54, 1.807) is 7.11 Å². The van der Waals surface area contributed by atoms with E-state index in [-0.39, 0.29) is 12.0 Å². The summed E-state index contributed by atoms with van der Waals surface area (Å²) in [6.07, 6.45) is 1.79. The van der Waals surface area contributed by atoms with Crippen LogP contribution in [-0.4, -0.2) is 92.6 Å². The van der Waals surface area contributed by atoms with Crippen LogP contribution in [0.25, 0.3) is 0 Å². The van der Waals surface area contributed by atoms with E-state index in [0.717, 1.165) is 69.1 Å². The van der Waals surface area contributed by atoms with Gasteiger partial charge in [-0.1, -0.05) is 0 Å². The van der Waals surface area contributed by atoms with Crippen molar-refractivity contribution in [1.82, 2.24) is 9.80 Å². The molecule has 1 aromatic rings. The molecule has 0 bridgehead atoms. The molecule has 0 unspecified atom stereocenters. The van der Waals surface area contributed by atoms with Gasteiger partial charge in [-0.2, -0.15) is 0 Å². The van der Waals surface area contributed by atoms with Crippen LogP contribution in [0.15, 0.2) is 18.2 Å². The van der Waals surface area contributed by atoms with Crippen LogP contribution in [-0.2, 0) is 4.74 Å². The predicted octanol–water partition coefficient (Wildman–Crippen LogP) is 0.813. The van der Waals surface area contributed by atoms with Crippen molar-refractivity contribution in [2.24, 2.45) is 0 Å². The molecule has 0 radical (unpaired) electrons. The summed E-state index contributed by atoms with van der Waals surface area (Å²) in [5, 5.41) is 9.49. The molecule has 3 saturated heterocycles. The summed E-state index contributed by atoms with van der Waals surface area (Å²) in [4.78, 5) is 19.5. The van der Waals surface area contributed by atoms with Gasteiger partial charge in [-0.25, -0.2) is 0 Å². The topological polar surface area (TPSA) is 65.5 Å². The van der Waals surface area contributed by atoms with Crippen molar-refractivity contribution in [2.75, 3.05) is 64.5 Å². The molecule has 0 aliphatic carbocycles. The summed E-state index contributed by atoms with van der Waals surface area (Å²) in [6, 6.07) is 6.22. The van der Waals surface area contributed by atoms with Gasteiger partial charge in [0.1, 0.15) is 5.75 Å². The number of amides is 1. The Morgan fingerprint density at radius 3 is 2.48 bits per heavy atom. The Bertz CT molecular complexity index is 663. The zero-order chi connectivity index (χ0) is 18.8. The summed E-state index contributed by atoms with van der Waals surface area (Å²) in [6.45, 7) is 6.10. The third-order valence-electron chi connectivity index (χ3n) is 5.94. The molecule has 0 atom stereocenters. The molecule has 27 heavy (non-hydrogen) atoms. The van der Waals surface area contributed by atoms with E-state index in [1.807, 2.05) is 23.1 Å². The number of hydrogen-bond donors (Lipinski definition) is 1. The maximum atomic E-state index is 13.0. The fourth-order valence-corrected chi connectivity index (χ4v) is 4.28. The first-order chi connectivity index (χ1) is 13.2. The van der Waals surface area contributed by atoms with Gasteiger partial charge in [-0.05, 0) is 31.0 Å². The summed E-state index contributed by atoms with van der Waals surface area (Å²) < 4.78 is 11.0. The molecule has 148 valence electrons. The van der Waals surface area contributed by atoms with Gasteiger partial charge in [0.25, 0.3) is 5.91 Å². The van der Waals surface area contributed by atoms with Crippen LogP contribution in [0.4, 0.5) is 5.69 Å². The average Bonchev–Trinajstić information content (AvgIpc) is 2.71. The Balaban J connectivity index is 1.42. The van der Waals surface area contributed by atoms with Crippen molar-refractivity contribution in [3.05, 3.63) is 23.8 Å². The molecule has 4 rings (SSSR count). The lowest BCUT2D eigenvalue weighted by Crippen LogP contribution is -2.58. The molecule has 3 heterocycles. The molecular weight excluding hydrogens is 346 g/mol. The molecule has 0 spiro atoms. The second-order valence-electron chi connectivity index (χ2n) is 7.62. The minimum absolute atomic E-state index is 0.0919. The van der Waals surface area contributed by atoms with Crippen LogP contribution < -0.4 is 9.64 Å². The van der Waals surface area contributed by atoms with Crippen LogP contribution in [0.2, 0.25) is 0 Å². The lowest BCUT2D eigenvalue weighted by Gasteiger charge is -2.45. The van der Waals surface area contributed by atoms with Crippen molar-refractivity contribution >= 4 is 11.6 Å². The number of benzene rings is 1. The van der Waals surface area contributed by atoms with Gasteiger partial charge in [-0.3, -0.25) is 9.69 Å². The van der Waals surface area contributed by atoms with E-state index in [1.165, 1.54) is 0 Å². The van der Waals surface area contributed by atoms with Crippen LogP contribution in [0.5, 0.6) is 5.75 Å². The molecule has 1 N–H and O–H groups in total. The maximum Gasteiger partial charge on any atom is 0.253 e. The Morgan fingerprint density at radius 1 is 1.15 bits per heavy atom. The molecule has 1 amide bonds.